The van der Waals surface area contributed by atoms with Gasteiger partial charge in [0.25, 0.3) is 0 Å². The van der Waals surface area contributed by atoms with E-state index in [9.17, 15) is 5.11 Å². The maximum atomic E-state index is 10.8. The van der Waals surface area contributed by atoms with Gasteiger partial charge in [0.2, 0.25) is 0 Å². The first-order valence-electron chi connectivity index (χ1n) is 6.78. The summed E-state index contributed by atoms with van der Waals surface area (Å²) in [6.45, 7) is 7.24. The van der Waals surface area contributed by atoms with Gasteiger partial charge < -0.3 is 9.84 Å². The van der Waals surface area contributed by atoms with Crippen LogP contribution in [-0.4, -0.2) is 22.9 Å². The molecule has 1 saturated heterocycles. The fraction of sp³-hybridized carbons (Fsp3) is 1.00. The van der Waals surface area contributed by atoms with Crippen LogP contribution < -0.4 is 0 Å². The molecule has 2 rings (SSSR count). The van der Waals surface area contributed by atoms with Gasteiger partial charge in [-0.3, -0.25) is 0 Å². The molecule has 1 N–H and O–H groups in total. The molecule has 1 aliphatic carbocycles. The highest BCUT2D eigenvalue weighted by molar-refractivity contribution is 4.96. The van der Waals surface area contributed by atoms with Gasteiger partial charge in [-0.25, -0.2) is 0 Å². The van der Waals surface area contributed by atoms with Crippen molar-refractivity contribution in [3.8, 4) is 0 Å². The van der Waals surface area contributed by atoms with Gasteiger partial charge in [0.1, 0.15) is 0 Å². The third-order valence-corrected chi connectivity index (χ3v) is 4.54. The molecule has 94 valence electrons. The Balaban J connectivity index is 2.01. The predicted molar refractivity (Wildman–Crippen MR) is 65.3 cm³/mol. The Morgan fingerprint density at radius 1 is 1.12 bits per heavy atom. The van der Waals surface area contributed by atoms with Crippen LogP contribution in [0.1, 0.15) is 59.3 Å². The molecule has 1 aliphatic heterocycles. The van der Waals surface area contributed by atoms with Gasteiger partial charge in [-0.05, 0) is 44.9 Å². The molecule has 0 bridgehead atoms. The van der Waals surface area contributed by atoms with Gasteiger partial charge in [0.15, 0.2) is 0 Å². The van der Waals surface area contributed by atoms with Gasteiger partial charge in [0, 0.05) is 6.42 Å². The van der Waals surface area contributed by atoms with Gasteiger partial charge >= 0.3 is 0 Å². The van der Waals surface area contributed by atoms with Crippen molar-refractivity contribution in [3.05, 3.63) is 0 Å². The monoisotopic (exact) mass is 226 g/mol. The van der Waals surface area contributed by atoms with Gasteiger partial charge in [-0.1, -0.05) is 19.8 Å². The molecule has 2 nitrogen and oxygen atoms in total. The van der Waals surface area contributed by atoms with Crippen molar-refractivity contribution in [1.29, 1.82) is 0 Å². The molecule has 0 aromatic heterocycles. The smallest absolute Gasteiger partial charge is 0.0724 e. The van der Waals surface area contributed by atoms with Crippen molar-refractivity contribution >= 4 is 0 Å². The maximum absolute atomic E-state index is 10.8. The molecule has 0 aromatic carbocycles. The lowest BCUT2D eigenvalue weighted by molar-refractivity contribution is -0.171. The third-order valence-electron chi connectivity index (χ3n) is 4.54. The molecule has 1 saturated carbocycles. The molecule has 1 unspecified atom stereocenters. The second-order valence-electron chi connectivity index (χ2n) is 6.60. The van der Waals surface area contributed by atoms with E-state index in [0.717, 1.165) is 25.4 Å². The predicted octanol–water partition coefficient (Wildman–Crippen LogP) is 3.13. The third kappa shape index (κ3) is 2.60. The normalized spacial score (nSPS) is 44.2. The van der Waals surface area contributed by atoms with Crippen molar-refractivity contribution in [2.24, 2.45) is 11.8 Å². The summed E-state index contributed by atoms with van der Waals surface area (Å²) in [6, 6.07) is 0. The van der Waals surface area contributed by atoms with E-state index in [-0.39, 0.29) is 5.60 Å². The number of aliphatic hydroxyl groups is 1. The van der Waals surface area contributed by atoms with E-state index >= 15 is 0 Å². The Hall–Kier alpha value is -0.0800. The van der Waals surface area contributed by atoms with Crippen molar-refractivity contribution in [2.75, 3.05) is 6.61 Å². The summed E-state index contributed by atoms with van der Waals surface area (Å²) >= 11 is 0. The highest BCUT2D eigenvalue weighted by Gasteiger charge is 2.45. The molecule has 0 spiro atoms. The first-order chi connectivity index (χ1) is 7.41. The summed E-state index contributed by atoms with van der Waals surface area (Å²) in [5.74, 6) is 1.36. The zero-order valence-corrected chi connectivity index (χ0v) is 11.0. The second-order valence-corrected chi connectivity index (χ2v) is 6.60. The largest absolute Gasteiger partial charge is 0.389 e. The van der Waals surface area contributed by atoms with Crippen molar-refractivity contribution in [1.82, 2.24) is 0 Å². The van der Waals surface area contributed by atoms with Crippen LogP contribution in [0.4, 0.5) is 0 Å². The molecule has 2 aliphatic rings. The van der Waals surface area contributed by atoms with Crippen LogP contribution in [0.25, 0.3) is 0 Å². The van der Waals surface area contributed by atoms with E-state index in [0.29, 0.717) is 5.92 Å². The van der Waals surface area contributed by atoms with Crippen LogP contribution in [0.2, 0.25) is 0 Å². The van der Waals surface area contributed by atoms with Crippen molar-refractivity contribution in [3.63, 3.8) is 0 Å². The first-order valence-corrected chi connectivity index (χ1v) is 6.78. The molecule has 2 fully saturated rings. The van der Waals surface area contributed by atoms with Crippen LogP contribution in [0, 0.1) is 11.8 Å². The topological polar surface area (TPSA) is 29.5 Å². The second kappa shape index (κ2) is 4.30. The highest BCUT2D eigenvalue weighted by atomic mass is 16.5. The zero-order chi connectivity index (χ0) is 11.8. The molecule has 0 radical (unpaired) electrons. The molecule has 1 heterocycles. The van der Waals surface area contributed by atoms with E-state index in [1.54, 1.807) is 0 Å². The standard InChI is InChI=1S/C14H26O2/c1-11-4-6-12(7-5-11)14(15)8-9-16-13(2,3)10-14/h11-12,15H,4-10H2,1-3H3. The maximum Gasteiger partial charge on any atom is 0.0724 e. The van der Waals surface area contributed by atoms with Gasteiger partial charge in [0.05, 0.1) is 17.8 Å². The number of ether oxygens (including phenoxy) is 1. The molecular weight excluding hydrogens is 200 g/mol. The van der Waals surface area contributed by atoms with Crippen LogP contribution in [-0.2, 0) is 4.74 Å². The Labute approximate surface area is 99.4 Å². The Morgan fingerprint density at radius 2 is 1.75 bits per heavy atom. The SMILES string of the molecule is CC1CCC(C2(O)CCOC(C)(C)C2)CC1. The molecular formula is C14H26O2. The highest BCUT2D eigenvalue weighted by Crippen LogP contribution is 2.43. The molecule has 0 amide bonds. The zero-order valence-electron chi connectivity index (χ0n) is 11.0. The first kappa shape index (κ1) is 12.4. The molecule has 0 aromatic rings. The number of hydrogen-bond donors (Lipinski definition) is 1. The van der Waals surface area contributed by atoms with Crippen LogP contribution in [0.3, 0.4) is 0 Å². The van der Waals surface area contributed by atoms with Crippen LogP contribution in [0.5, 0.6) is 0 Å². The van der Waals surface area contributed by atoms with Gasteiger partial charge in [-0.15, -0.1) is 0 Å². The summed E-state index contributed by atoms with van der Waals surface area (Å²) in [7, 11) is 0. The fourth-order valence-electron chi connectivity index (χ4n) is 3.53. The average molecular weight is 226 g/mol. The quantitative estimate of drug-likeness (QED) is 0.744. The Kier molecular flexibility index (Phi) is 3.33. The Bertz CT molecular complexity index is 241. The minimum absolute atomic E-state index is 0.143. The summed E-state index contributed by atoms with van der Waals surface area (Å²) in [5, 5.41) is 10.8. The summed E-state index contributed by atoms with van der Waals surface area (Å²) in [5.41, 5.74) is -0.599. The van der Waals surface area contributed by atoms with Crippen LogP contribution >= 0.6 is 0 Å². The Morgan fingerprint density at radius 3 is 2.31 bits per heavy atom. The molecule has 1 atom stereocenters. The van der Waals surface area contributed by atoms with E-state index in [4.69, 9.17) is 4.74 Å². The van der Waals surface area contributed by atoms with E-state index < -0.39 is 5.60 Å². The summed E-state index contributed by atoms with van der Waals surface area (Å²) in [4.78, 5) is 0. The van der Waals surface area contributed by atoms with Crippen molar-refractivity contribution in [2.45, 2.75) is 70.5 Å². The lowest BCUT2D eigenvalue weighted by Crippen LogP contribution is -2.51. The number of hydrogen-bond acceptors (Lipinski definition) is 2. The van der Waals surface area contributed by atoms with E-state index in [1.807, 2.05) is 0 Å². The summed E-state index contributed by atoms with van der Waals surface area (Å²) < 4.78 is 5.71. The minimum Gasteiger partial charge on any atom is -0.389 e. The van der Waals surface area contributed by atoms with E-state index in [1.165, 1.54) is 25.7 Å². The lowest BCUT2D eigenvalue weighted by Gasteiger charge is -2.47. The number of rotatable bonds is 1. The molecule has 2 heteroatoms. The lowest BCUT2D eigenvalue weighted by atomic mass is 9.68. The average Bonchev–Trinajstić information content (AvgIpc) is 2.16. The van der Waals surface area contributed by atoms with Crippen LogP contribution in [0.15, 0.2) is 0 Å². The van der Waals surface area contributed by atoms with E-state index in [2.05, 4.69) is 20.8 Å². The fourth-order valence-corrected chi connectivity index (χ4v) is 3.53. The van der Waals surface area contributed by atoms with Crippen molar-refractivity contribution < 1.29 is 9.84 Å². The molecule has 16 heavy (non-hydrogen) atoms. The minimum atomic E-state index is -0.456. The van der Waals surface area contributed by atoms with Gasteiger partial charge in [-0.2, -0.15) is 0 Å². The summed E-state index contributed by atoms with van der Waals surface area (Å²) in [6.07, 6.45) is 6.61.